The van der Waals surface area contributed by atoms with Crippen LogP contribution in [0.3, 0.4) is 0 Å². The number of methoxy groups -OCH3 is 1. The first-order valence-electron chi connectivity index (χ1n) is 7.26. The van der Waals surface area contributed by atoms with Crippen LogP contribution in [-0.4, -0.2) is 43.6 Å². The second kappa shape index (κ2) is 6.97. The van der Waals surface area contributed by atoms with Crippen LogP contribution in [0.2, 0.25) is 5.02 Å². The zero-order chi connectivity index (χ0) is 15.5. The molecule has 1 aliphatic carbocycles. The predicted molar refractivity (Wildman–Crippen MR) is 83.9 cm³/mol. The first-order chi connectivity index (χ1) is 9.93. The standard InChI is InChI=1S/C16H24ClNO3/c1-16(2)14(8-15(16)20-3)18-9-12(19)10-21-13-6-4-11(17)5-7-13/h4-7,12,14-15,18-19H,8-10H2,1-3H3. The molecule has 0 bridgehead atoms. The van der Waals surface area contributed by atoms with E-state index in [1.54, 1.807) is 31.4 Å². The van der Waals surface area contributed by atoms with Crippen molar-refractivity contribution in [3.05, 3.63) is 29.3 Å². The summed E-state index contributed by atoms with van der Waals surface area (Å²) in [6, 6.07) is 7.49. The van der Waals surface area contributed by atoms with Crippen molar-refractivity contribution in [2.75, 3.05) is 20.3 Å². The molecule has 1 aromatic carbocycles. The molecular weight excluding hydrogens is 290 g/mol. The fraction of sp³-hybridized carbons (Fsp3) is 0.625. The molecule has 2 N–H and O–H groups in total. The van der Waals surface area contributed by atoms with Gasteiger partial charge in [-0.3, -0.25) is 0 Å². The van der Waals surface area contributed by atoms with Gasteiger partial charge < -0.3 is 19.9 Å². The van der Waals surface area contributed by atoms with Crippen LogP contribution < -0.4 is 10.1 Å². The predicted octanol–water partition coefficient (Wildman–Crippen LogP) is 2.48. The minimum Gasteiger partial charge on any atom is -0.491 e. The monoisotopic (exact) mass is 313 g/mol. The van der Waals surface area contributed by atoms with Gasteiger partial charge in [-0.1, -0.05) is 25.4 Å². The van der Waals surface area contributed by atoms with Gasteiger partial charge in [0.05, 0.1) is 6.10 Å². The maximum absolute atomic E-state index is 9.98. The molecule has 4 nitrogen and oxygen atoms in total. The average molecular weight is 314 g/mol. The van der Waals surface area contributed by atoms with Crippen molar-refractivity contribution < 1.29 is 14.6 Å². The summed E-state index contributed by atoms with van der Waals surface area (Å²) in [7, 11) is 1.75. The van der Waals surface area contributed by atoms with E-state index in [1.165, 1.54) is 0 Å². The van der Waals surface area contributed by atoms with Gasteiger partial charge in [0.1, 0.15) is 18.5 Å². The number of rotatable bonds is 7. The Bertz CT molecular complexity index is 449. The number of aliphatic hydroxyl groups is 1. The second-order valence-corrected chi connectivity index (χ2v) is 6.60. The lowest BCUT2D eigenvalue weighted by Crippen LogP contribution is -2.61. The molecule has 5 heteroatoms. The van der Waals surface area contributed by atoms with Gasteiger partial charge in [-0.05, 0) is 30.7 Å². The largest absolute Gasteiger partial charge is 0.491 e. The van der Waals surface area contributed by atoms with Crippen molar-refractivity contribution in [3.8, 4) is 5.75 Å². The highest BCUT2D eigenvalue weighted by molar-refractivity contribution is 6.30. The maximum Gasteiger partial charge on any atom is 0.119 e. The van der Waals surface area contributed by atoms with E-state index in [1.807, 2.05) is 0 Å². The summed E-state index contributed by atoms with van der Waals surface area (Å²) in [6.07, 6.45) is 0.726. The number of ether oxygens (including phenoxy) is 2. The summed E-state index contributed by atoms with van der Waals surface area (Å²) in [4.78, 5) is 0. The van der Waals surface area contributed by atoms with Gasteiger partial charge in [-0.2, -0.15) is 0 Å². The third-order valence-electron chi connectivity index (χ3n) is 4.32. The summed E-state index contributed by atoms with van der Waals surface area (Å²) in [5.41, 5.74) is 0.103. The van der Waals surface area contributed by atoms with Crippen LogP contribution in [-0.2, 0) is 4.74 Å². The Balaban J connectivity index is 1.68. The fourth-order valence-electron chi connectivity index (χ4n) is 2.69. The van der Waals surface area contributed by atoms with E-state index in [9.17, 15) is 5.11 Å². The van der Waals surface area contributed by atoms with Crippen LogP contribution in [0.1, 0.15) is 20.3 Å². The molecule has 1 saturated carbocycles. The Morgan fingerprint density at radius 2 is 2.05 bits per heavy atom. The first-order valence-corrected chi connectivity index (χ1v) is 7.64. The van der Waals surface area contributed by atoms with Gasteiger partial charge >= 0.3 is 0 Å². The number of hydrogen-bond acceptors (Lipinski definition) is 4. The smallest absolute Gasteiger partial charge is 0.119 e. The van der Waals surface area contributed by atoms with Gasteiger partial charge in [-0.15, -0.1) is 0 Å². The Kier molecular flexibility index (Phi) is 5.49. The van der Waals surface area contributed by atoms with E-state index < -0.39 is 6.10 Å². The second-order valence-electron chi connectivity index (χ2n) is 6.16. The van der Waals surface area contributed by atoms with Crippen LogP contribution in [0.25, 0.3) is 0 Å². The fourth-order valence-corrected chi connectivity index (χ4v) is 2.82. The third-order valence-corrected chi connectivity index (χ3v) is 4.57. The summed E-state index contributed by atoms with van der Waals surface area (Å²) in [5, 5.41) is 14.0. The molecule has 0 aliphatic heterocycles. The van der Waals surface area contributed by atoms with E-state index >= 15 is 0 Å². The molecule has 2 rings (SSSR count). The Morgan fingerprint density at radius 1 is 1.38 bits per heavy atom. The lowest BCUT2D eigenvalue weighted by Gasteiger charge is -2.51. The van der Waals surface area contributed by atoms with Crippen LogP contribution >= 0.6 is 11.6 Å². The molecule has 0 heterocycles. The topological polar surface area (TPSA) is 50.7 Å². The van der Waals surface area contributed by atoms with Crippen LogP contribution in [0.4, 0.5) is 0 Å². The molecule has 3 unspecified atom stereocenters. The van der Waals surface area contributed by atoms with E-state index in [0.717, 1.165) is 6.42 Å². The molecule has 1 fully saturated rings. The molecule has 0 amide bonds. The minimum absolute atomic E-state index is 0.103. The minimum atomic E-state index is -0.543. The van der Waals surface area contributed by atoms with Crippen molar-refractivity contribution >= 4 is 11.6 Å². The quantitative estimate of drug-likeness (QED) is 0.812. The summed E-state index contributed by atoms with van der Waals surface area (Å²) < 4.78 is 10.9. The molecule has 3 atom stereocenters. The zero-order valence-electron chi connectivity index (χ0n) is 12.8. The molecule has 118 valence electrons. The van der Waals surface area contributed by atoms with Crippen LogP contribution in [0, 0.1) is 5.41 Å². The highest BCUT2D eigenvalue weighted by Gasteiger charge is 2.48. The number of aliphatic hydroxyl groups excluding tert-OH is 1. The van der Waals surface area contributed by atoms with Crippen LogP contribution in [0.15, 0.2) is 24.3 Å². The lowest BCUT2D eigenvalue weighted by atomic mass is 9.64. The SMILES string of the molecule is COC1CC(NCC(O)COc2ccc(Cl)cc2)C1(C)C. The van der Waals surface area contributed by atoms with Crippen molar-refractivity contribution in [1.29, 1.82) is 0 Å². The van der Waals surface area contributed by atoms with Crippen molar-refractivity contribution in [1.82, 2.24) is 5.32 Å². The highest BCUT2D eigenvalue weighted by Crippen LogP contribution is 2.42. The molecule has 1 aliphatic rings. The van der Waals surface area contributed by atoms with E-state index in [-0.39, 0.29) is 18.1 Å². The van der Waals surface area contributed by atoms with Crippen molar-refractivity contribution in [3.63, 3.8) is 0 Å². The average Bonchev–Trinajstić information content (AvgIpc) is 2.45. The maximum atomic E-state index is 9.98. The van der Waals surface area contributed by atoms with Crippen molar-refractivity contribution in [2.24, 2.45) is 5.41 Å². The normalized spacial score (nSPS) is 25.2. The number of halogens is 1. The van der Waals surface area contributed by atoms with E-state index in [2.05, 4.69) is 19.2 Å². The third kappa shape index (κ3) is 4.10. The zero-order valence-corrected chi connectivity index (χ0v) is 13.6. The highest BCUT2D eigenvalue weighted by atomic mass is 35.5. The molecule has 0 spiro atoms. The molecular formula is C16H24ClNO3. The number of hydrogen-bond donors (Lipinski definition) is 2. The van der Waals surface area contributed by atoms with Gasteiger partial charge in [0.25, 0.3) is 0 Å². The van der Waals surface area contributed by atoms with E-state index in [4.69, 9.17) is 21.1 Å². The van der Waals surface area contributed by atoms with Gasteiger partial charge in [0.15, 0.2) is 0 Å². The molecule has 1 aromatic rings. The van der Waals surface area contributed by atoms with E-state index in [0.29, 0.717) is 23.4 Å². The summed E-state index contributed by atoms with van der Waals surface area (Å²) >= 11 is 5.81. The summed E-state index contributed by atoms with van der Waals surface area (Å²) in [5.74, 6) is 0.710. The Hall–Kier alpha value is -0.810. The van der Waals surface area contributed by atoms with Gasteiger partial charge in [0.2, 0.25) is 0 Å². The molecule has 0 aromatic heterocycles. The van der Waals surface area contributed by atoms with Crippen molar-refractivity contribution in [2.45, 2.75) is 38.5 Å². The molecule has 0 saturated heterocycles. The summed E-state index contributed by atoms with van der Waals surface area (Å²) in [6.45, 7) is 5.13. The van der Waals surface area contributed by atoms with Crippen LogP contribution in [0.5, 0.6) is 5.75 Å². The number of benzene rings is 1. The Labute approximate surface area is 131 Å². The first kappa shape index (κ1) is 16.6. The van der Waals surface area contributed by atoms with Gasteiger partial charge in [-0.25, -0.2) is 0 Å². The number of nitrogens with one attached hydrogen (secondary N) is 1. The Morgan fingerprint density at radius 3 is 2.62 bits per heavy atom. The van der Waals surface area contributed by atoms with Gasteiger partial charge in [0, 0.05) is 30.1 Å². The molecule has 21 heavy (non-hydrogen) atoms. The lowest BCUT2D eigenvalue weighted by molar-refractivity contribution is -0.0996. The molecule has 0 radical (unpaired) electrons.